The second kappa shape index (κ2) is 4.44. The van der Waals surface area contributed by atoms with Crippen LogP contribution >= 0.6 is 0 Å². The van der Waals surface area contributed by atoms with Crippen LogP contribution in [0.15, 0.2) is 6.07 Å². The van der Waals surface area contributed by atoms with Crippen LogP contribution in [0.5, 0.6) is 0 Å². The Morgan fingerprint density at radius 3 is 2.80 bits per heavy atom. The first-order valence-corrected chi connectivity index (χ1v) is 5.32. The van der Waals surface area contributed by atoms with Crippen molar-refractivity contribution in [1.82, 2.24) is 15.1 Å². The van der Waals surface area contributed by atoms with E-state index in [0.717, 1.165) is 25.3 Å². The van der Waals surface area contributed by atoms with Crippen molar-refractivity contribution in [2.45, 2.75) is 25.8 Å². The van der Waals surface area contributed by atoms with Gasteiger partial charge in [-0.25, -0.2) is 0 Å². The molecule has 2 heterocycles. The van der Waals surface area contributed by atoms with Gasteiger partial charge in [0.2, 0.25) is 0 Å². The summed E-state index contributed by atoms with van der Waals surface area (Å²) in [6.07, 6.45) is 3.85. The summed E-state index contributed by atoms with van der Waals surface area (Å²) in [5.74, 6) is -0.476. The largest absolute Gasteiger partial charge is 0.364 e. The van der Waals surface area contributed by atoms with Gasteiger partial charge in [0, 0.05) is 6.54 Å². The number of carbonyl (C=O) groups is 1. The van der Waals surface area contributed by atoms with Gasteiger partial charge in [-0.15, -0.1) is 0 Å². The molecular formula is C10H16N4O. The van der Waals surface area contributed by atoms with Crippen LogP contribution in [-0.4, -0.2) is 34.1 Å². The normalized spacial score (nSPS) is 17.9. The summed E-state index contributed by atoms with van der Waals surface area (Å²) in [7, 11) is 0. The monoisotopic (exact) mass is 208 g/mol. The molecule has 5 nitrogen and oxygen atoms in total. The summed E-state index contributed by atoms with van der Waals surface area (Å²) >= 11 is 0. The third-order valence-corrected chi connectivity index (χ3v) is 2.73. The highest BCUT2D eigenvalue weighted by Gasteiger charge is 2.12. The molecule has 1 aromatic heterocycles. The number of aromatic nitrogens is 2. The lowest BCUT2D eigenvalue weighted by Crippen LogP contribution is -2.29. The fourth-order valence-electron chi connectivity index (χ4n) is 1.93. The Morgan fingerprint density at radius 2 is 2.20 bits per heavy atom. The Hall–Kier alpha value is -1.36. The van der Waals surface area contributed by atoms with Gasteiger partial charge in [-0.3, -0.25) is 14.8 Å². The number of nitrogens with two attached hydrogens (primary N) is 1. The van der Waals surface area contributed by atoms with E-state index in [2.05, 4.69) is 15.1 Å². The Bertz CT molecular complexity index is 341. The minimum absolute atomic E-state index is 0.321. The molecule has 1 aliphatic heterocycles. The molecule has 82 valence electrons. The van der Waals surface area contributed by atoms with E-state index in [-0.39, 0.29) is 0 Å². The van der Waals surface area contributed by atoms with Gasteiger partial charge in [0.1, 0.15) is 5.69 Å². The molecule has 0 atom stereocenters. The predicted molar refractivity (Wildman–Crippen MR) is 56.2 cm³/mol. The lowest BCUT2D eigenvalue weighted by atomic mass is 10.1. The number of nitrogens with one attached hydrogen (secondary N) is 1. The first-order valence-electron chi connectivity index (χ1n) is 5.32. The zero-order chi connectivity index (χ0) is 10.7. The van der Waals surface area contributed by atoms with Gasteiger partial charge in [0.25, 0.3) is 5.91 Å². The number of primary amides is 1. The molecule has 0 bridgehead atoms. The highest BCUT2D eigenvalue weighted by molar-refractivity contribution is 5.90. The number of H-pyrrole nitrogens is 1. The van der Waals surface area contributed by atoms with E-state index in [9.17, 15) is 4.79 Å². The molecular weight excluding hydrogens is 192 g/mol. The fourth-order valence-corrected chi connectivity index (χ4v) is 1.93. The topological polar surface area (TPSA) is 75.0 Å². The zero-order valence-corrected chi connectivity index (χ0v) is 8.70. The molecule has 0 radical (unpaired) electrons. The van der Waals surface area contributed by atoms with Crippen LogP contribution in [0.25, 0.3) is 0 Å². The number of rotatable bonds is 3. The van der Waals surface area contributed by atoms with Crippen LogP contribution in [0, 0.1) is 0 Å². The first kappa shape index (κ1) is 10.2. The molecule has 1 amide bonds. The van der Waals surface area contributed by atoms with Crippen molar-refractivity contribution in [2.24, 2.45) is 5.73 Å². The molecule has 0 aromatic carbocycles. The highest BCUT2D eigenvalue weighted by atomic mass is 16.1. The first-order chi connectivity index (χ1) is 7.25. The van der Waals surface area contributed by atoms with E-state index >= 15 is 0 Å². The lowest BCUT2D eigenvalue weighted by molar-refractivity contribution is 0.0995. The zero-order valence-electron chi connectivity index (χ0n) is 8.70. The molecule has 1 aliphatic rings. The van der Waals surface area contributed by atoms with E-state index in [1.807, 2.05) is 0 Å². The van der Waals surface area contributed by atoms with Crippen LogP contribution in [0.1, 0.15) is 35.4 Å². The van der Waals surface area contributed by atoms with Crippen molar-refractivity contribution in [3.05, 3.63) is 17.5 Å². The summed E-state index contributed by atoms with van der Waals surface area (Å²) in [5.41, 5.74) is 6.41. The van der Waals surface area contributed by atoms with Gasteiger partial charge in [-0.1, -0.05) is 6.42 Å². The molecule has 3 N–H and O–H groups in total. The van der Waals surface area contributed by atoms with Crippen LogP contribution < -0.4 is 5.73 Å². The molecule has 1 saturated heterocycles. The summed E-state index contributed by atoms with van der Waals surface area (Å²) in [6.45, 7) is 3.09. The summed E-state index contributed by atoms with van der Waals surface area (Å²) < 4.78 is 0. The minimum Gasteiger partial charge on any atom is -0.364 e. The number of likely N-dealkylation sites (tertiary alicyclic amines) is 1. The molecule has 1 aromatic rings. The maximum Gasteiger partial charge on any atom is 0.269 e. The number of nitrogens with zero attached hydrogens (tertiary/aromatic N) is 2. The molecule has 0 saturated carbocycles. The second-order valence-electron chi connectivity index (χ2n) is 3.98. The van der Waals surface area contributed by atoms with Gasteiger partial charge < -0.3 is 5.73 Å². The Morgan fingerprint density at radius 1 is 1.47 bits per heavy atom. The maximum absolute atomic E-state index is 10.8. The molecule has 0 spiro atoms. The van der Waals surface area contributed by atoms with Gasteiger partial charge in [-0.2, -0.15) is 5.10 Å². The van der Waals surface area contributed by atoms with Crippen LogP contribution in [0.3, 0.4) is 0 Å². The summed E-state index contributed by atoms with van der Waals surface area (Å²) in [6, 6.07) is 1.73. The van der Waals surface area contributed by atoms with Crippen LogP contribution in [0.4, 0.5) is 0 Å². The van der Waals surface area contributed by atoms with Crippen molar-refractivity contribution in [3.8, 4) is 0 Å². The SMILES string of the molecule is NC(=O)c1cc(CN2CCCCC2)[nH]n1. The second-order valence-corrected chi connectivity index (χ2v) is 3.98. The molecule has 2 rings (SSSR count). The highest BCUT2D eigenvalue weighted by Crippen LogP contribution is 2.11. The molecule has 5 heteroatoms. The molecule has 15 heavy (non-hydrogen) atoms. The average Bonchev–Trinajstić information content (AvgIpc) is 2.68. The van der Waals surface area contributed by atoms with Gasteiger partial charge in [-0.05, 0) is 32.0 Å². The van der Waals surface area contributed by atoms with Crippen molar-refractivity contribution < 1.29 is 4.79 Å². The van der Waals surface area contributed by atoms with E-state index in [1.54, 1.807) is 6.07 Å². The quantitative estimate of drug-likeness (QED) is 0.759. The minimum atomic E-state index is -0.476. The summed E-state index contributed by atoms with van der Waals surface area (Å²) in [4.78, 5) is 13.2. The standard InChI is InChI=1S/C10H16N4O/c11-10(15)9-6-8(12-13-9)7-14-4-2-1-3-5-14/h6H,1-5,7H2,(H2,11,15)(H,12,13). The number of aromatic amines is 1. The summed E-state index contributed by atoms with van der Waals surface area (Å²) in [5, 5.41) is 6.70. The number of carbonyl (C=O) groups excluding carboxylic acids is 1. The third-order valence-electron chi connectivity index (χ3n) is 2.73. The van der Waals surface area contributed by atoms with Crippen molar-refractivity contribution in [3.63, 3.8) is 0 Å². The van der Waals surface area contributed by atoms with E-state index in [0.29, 0.717) is 5.69 Å². The van der Waals surface area contributed by atoms with E-state index in [4.69, 9.17) is 5.73 Å². The molecule has 0 unspecified atom stereocenters. The lowest BCUT2D eigenvalue weighted by Gasteiger charge is -2.25. The van der Waals surface area contributed by atoms with Crippen molar-refractivity contribution in [2.75, 3.05) is 13.1 Å². The third kappa shape index (κ3) is 2.56. The fraction of sp³-hybridized carbons (Fsp3) is 0.600. The molecule has 1 fully saturated rings. The van der Waals surface area contributed by atoms with Gasteiger partial charge >= 0.3 is 0 Å². The van der Waals surface area contributed by atoms with Crippen LogP contribution in [0.2, 0.25) is 0 Å². The number of hydrogen-bond acceptors (Lipinski definition) is 3. The Balaban J connectivity index is 1.94. The predicted octanol–water partition coefficient (Wildman–Crippen LogP) is 0.494. The van der Waals surface area contributed by atoms with Gasteiger partial charge in [0.15, 0.2) is 0 Å². The number of piperidine rings is 1. The van der Waals surface area contributed by atoms with E-state index in [1.165, 1.54) is 19.3 Å². The van der Waals surface area contributed by atoms with Gasteiger partial charge in [0.05, 0.1) is 5.69 Å². The average molecular weight is 208 g/mol. The smallest absolute Gasteiger partial charge is 0.269 e. The number of hydrogen-bond donors (Lipinski definition) is 2. The van der Waals surface area contributed by atoms with Crippen molar-refractivity contribution in [1.29, 1.82) is 0 Å². The number of amides is 1. The van der Waals surface area contributed by atoms with E-state index < -0.39 is 5.91 Å². The van der Waals surface area contributed by atoms with Crippen LogP contribution in [-0.2, 0) is 6.54 Å². The Labute approximate surface area is 88.6 Å². The van der Waals surface area contributed by atoms with Crippen molar-refractivity contribution >= 4 is 5.91 Å². The maximum atomic E-state index is 10.8. The molecule has 0 aliphatic carbocycles. The Kier molecular flexibility index (Phi) is 3.01.